The van der Waals surface area contributed by atoms with Gasteiger partial charge >= 0.3 is 5.97 Å². The zero-order valence-corrected chi connectivity index (χ0v) is 19.3. The second-order valence-electron chi connectivity index (χ2n) is 9.56. The minimum atomic E-state index is -3.51. The third-order valence-electron chi connectivity index (χ3n) is 7.25. The van der Waals surface area contributed by atoms with E-state index in [4.69, 9.17) is 4.74 Å². The lowest BCUT2D eigenvalue weighted by Crippen LogP contribution is -2.52. The smallest absolute Gasteiger partial charge is 0.306 e. The van der Waals surface area contributed by atoms with Gasteiger partial charge in [0, 0.05) is 25.4 Å². The first-order chi connectivity index (χ1) is 14.2. The number of hydrogen-bond acceptors (Lipinski definition) is 6. The zero-order chi connectivity index (χ0) is 21.5. The van der Waals surface area contributed by atoms with Crippen molar-refractivity contribution in [2.75, 3.05) is 13.6 Å². The molecule has 30 heavy (non-hydrogen) atoms. The number of nitrogens with zero attached hydrogens (tertiary/aromatic N) is 1. The molecule has 5 rings (SSSR count). The average molecular weight is 454 g/mol. The highest BCUT2D eigenvalue weighted by molar-refractivity contribution is 7.91. The van der Waals surface area contributed by atoms with Crippen LogP contribution in [0.25, 0.3) is 0 Å². The normalized spacial score (nSPS) is 31.1. The van der Waals surface area contributed by atoms with E-state index in [9.17, 15) is 18.0 Å². The van der Waals surface area contributed by atoms with Gasteiger partial charge in [0.2, 0.25) is 0 Å². The number of rotatable bonds is 9. The Morgan fingerprint density at radius 1 is 1.20 bits per heavy atom. The Morgan fingerprint density at radius 3 is 2.33 bits per heavy atom. The Kier molecular flexibility index (Phi) is 6.12. The first-order valence-electron chi connectivity index (χ1n) is 10.9. The van der Waals surface area contributed by atoms with Crippen LogP contribution in [0.4, 0.5) is 0 Å². The van der Waals surface area contributed by atoms with E-state index in [0.29, 0.717) is 28.4 Å². The van der Waals surface area contributed by atoms with E-state index < -0.39 is 22.1 Å². The molecule has 0 amide bonds. The number of Topliss-reactive ketones (excluding diaryl/α,β-unsaturated/α-hetero) is 1. The fourth-order valence-corrected chi connectivity index (χ4v) is 8.69. The molecule has 4 aliphatic carbocycles. The summed E-state index contributed by atoms with van der Waals surface area (Å²) in [4.78, 5) is 25.5. The van der Waals surface area contributed by atoms with Crippen molar-refractivity contribution in [1.82, 2.24) is 4.31 Å². The number of ketones is 1. The van der Waals surface area contributed by atoms with Crippen LogP contribution in [0.5, 0.6) is 0 Å². The molecule has 166 valence electrons. The van der Waals surface area contributed by atoms with Crippen molar-refractivity contribution < 1.29 is 22.7 Å². The molecule has 0 radical (unpaired) electrons. The van der Waals surface area contributed by atoms with Crippen LogP contribution in [-0.2, 0) is 24.3 Å². The van der Waals surface area contributed by atoms with Crippen molar-refractivity contribution in [3.05, 3.63) is 17.5 Å². The highest BCUT2D eigenvalue weighted by Crippen LogP contribution is 2.60. The lowest BCUT2D eigenvalue weighted by molar-refractivity contribution is -0.165. The van der Waals surface area contributed by atoms with Gasteiger partial charge in [-0.25, -0.2) is 12.7 Å². The van der Waals surface area contributed by atoms with Crippen LogP contribution < -0.4 is 0 Å². The molecule has 4 saturated carbocycles. The van der Waals surface area contributed by atoms with Crippen LogP contribution in [0.2, 0.25) is 0 Å². The van der Waals surface area contributed by atoms with Gasteiger partial charge in [-0.2, -0.15) is 0 Å². The first kappa shape index (κ1) is 22.0. The zero-order valence-electron chi connectivity index (χ0n) is 17.7. The van der Waals surface area contributed by atoms with E-state index in [1.165, 1.54) is 42.0 Å². The van der Waals surface area contributed by atoms with Crippen LogP contribution >= 0.6 is 11.3 Å². The van der Waals surface area contributed by atoms with Gasteiger partial charge in [0.1, 0.15) is 4.21 Å². The summed E-state index contributed by atoms with van der Waals surface area (Å²) < 4.78 is 31.9. The van der Waals surface area contributed by atoms with Gasteiger partial charge < -0.3 is 4.74 Å². The molecule has 8 heteroatoms. The first-order valence-corrected chi connectivity index (χ1v) is 13.3. The summed E-state index contributed by atoms with van der Waals surface area (Å²) in [7, 11) is -2.00. The third-order valence-corrected chi connectivity index (χ3v) is 10.5. The van der Waals surface area contributed by atoms with Gasteiger partial charge in [-0.05, 0) is 81.1 Å². The lowest BCUT2D eigenvalue weighted by atomic mass is 9.48. The van der Waals surface area contributed by atoms with Crippen molar-refractivity contribution >= 4 is 33.1 Å². The molecule has 0 aromatic carbocycles. The molecule has 0 saturated heterocycles. The van der Waals surface area contributed by atoms with Crippen molar-refractivity contribution in [1.29, 1.82) is 0 Å². The van der Waals surface area contributed by atoms with Gasteiger partial charge in [-0.15, -0.1) is 11.3 Å². The van der Waals surface area contributed by atoms with Crippen molar-refractivity contribution in [2.45, 2.75) is 68.6 Å². The number of ether oxygens (including phenoxy) is 1. The topological polar surface area (TPSA) is 80.8 Å². The van der Waals surface area contributed by atoms with Crippen LogP contribution in [-0.4, -0.2) is 44.2 Å². The Morgan fingerprint density at radius 2 is 1.80 bits per heavy atom. The summed E-state index contributed by atoms with van der Waals surface area (Å²) in [5.74, 6) is 1.69. The highest BCUT2D eigenvalue weighted by atomic mass is 32.2. The Balaban J connectivity index is 1.26. The second-order valence-corrected chi connectivity index (χ2v) is 12.8. The van der Waals surface area contributed by atoms with Crippen molar-refractivity contribution in [3.63, 3.8) is 0 Å². The highest BCUT2D eigenvalue weighted by Gasteiger charge is 2.55. The summed E-state index contributed by atoms with van der Waals surface area (Å²) in [6.45, 7) is 1.93. The van der Waals surface area contributed by atoms with Crippen molar-refractivity contribution in [3.8, 4) is 0 Å². The largest absolute Gasteiger partial charge is 0.455 e. The molecule has 6 nitrogen and oxygen atoms in total. The minimum Gasteiger partial charge on any atom is -0.455 e. The van der Waals surface area contributed by atoms with Gasteiger partial charge in [-0.3, -0.25) is 9.59 Å². The molecular formula is C22H31NO5S2. The molecule has 0 N–H and O–H groups in total. The van der Waals surface area contributed by atoms with E-state index in [0.717, 1.165) is 19.3 Å². The molecular weight excluding hydrogens is 422 g/mol. The molecule has 1 aromatic rings. The number of carbonyl (C=O) groups is 2. The van der Waals surface area contributed by atoms with Crippen LogP contribution in [0.15, 0.2) is 21.7 Å². The Bertz CT molecular complexity index is 857. The molecule has 4 fully saturated rings. The number of hydrogen-bond donors (Lipinski definition) is 0. The van der Waals surface area contributed by atoms with E-state index in [1.807, 2.05) is 0 Å². The standard InChI is InChI=1S/C22H31NO5S2/c1-15(21(25)22-12-16-9-17(13-22)11-18(10-16)14-22)28-19(24)5-3-7-23(2)30(26,27)20-6-4-8-29-20/h4,6,8,15-18H,3,5,7,9-14H2,1-2H3. The quantitative estimate of drug-likeness (QED) is 0.530. The van der Waals surface area contributed by atoms with Crippen LogP contribution in [0.3, 0.4) is 0 Å². The predicted molar refractivity (Wildman–Crippen MR) is 115 cm³/mol. The Labute approximate surface area is 183 Å². The number of esters is 1. The molecule has 1 unspecified atom stereocenters. The van der Waals surface area contributed by atoms with Crippen LogP contribution in [0.1, 0.15) is 58.3 Å². The monoisotopic (exact) mass is 453 g/mol. The number of carbonyl (C=O) groups excluding carboxylic acids is 2. The van der Waals surface area contributed by atoms with E-state index in [2.05, 4.69) is 0 Å². The van der Waals surface area contributed by atoms with Crippen molar-refractivity contribution in [2.24, 2.45) is 23.2 Å². The maximum absolute atomic E-state index is 13.2. The maximum atomic E-state index is 13.2. The summed E-state index contributed by atoms with van der Waals surface area (Å²) in [6, 6.07) is 3.27. The summed E-state index contributed by atoms with van der Waals surface area (Å²) >= 11 is 1.17. The van der Waals surface area contributed by atoms with Crippen LogP contribution in [0, 0.1) is 23.2 Å². The fraction of sp³-hybridized carbons (Fsp3) is 0.727. The third kappa shape index (κ3) is 4.23. The molecule has 1 atom stereocenters. The molecule has 0 aliphatic heterocycles. The summed E-state index contributed by atoms with van der Waals surface area (Å²) in [5, 5.41) is 1.72. The predicted octanol–water partition coefficient (Wildman–Crippen LogP) is 3.87. The molecule has 4 aliphatic rings. The Hall–Kier alpha value is -1.25. The summed E-state index contributed by atoms with van der Waals surface area (Å²) in [5.41, 5.74) is -0.274. The van der Waals surface area contributed by atoms with E-state index in [-0.39, 0.29) is 24.2 Å². The maximum Gasteiger partial charge on any atom is 0.306 e. The molecule has 1 aromatic heterocycles. The van der Waals surface area contributed by atoms with E-state index in [1.54, 1.807) is 24.4 Å². The average Bonchev–Trinajstić information content (AvgIpc) is 3.21. The second kappa shape index (κ2) is 8.36. The lowest BCUT2D eigenvalue weighted by Gasteiger charge is -2.56. The minimum absolute atomic E-state index is 0.1000. The van der Waals surface area contributed by atoms with Gasteiger partial charge in [0.15, 0.2) is 11.9 Å². The SMILES string of the molecule is CC(OC(=O)CCCN(C)S(=O)(=O)c1cccs1)C(=O)C12CC3CC(CC(C3)C1)C2. The van der Waals surface area contributed by atoms with Gasteiger partial charge in [-0.1, -0.05) is 6.07 Å². The number of sulfonamides is 1. The molecule has 0 spiro atoms. The van der Waals surface area contributed by atoms with Gasteiger partial charge in [0.25, 0.3) is 10.0 Å². The molecule has 4 bridgehead atoms. The van der Waals surface area contributed by atoms with E-state index >= 15 is 0 Å². The van der Waals surface area contributed by atoms with Gasteiger partial charge in [0.05, 0.1) is 0 Å². The molecule has 1 heterocycles. The number of thiophene rings is 1. The summed E-state index contributed by atoms with van der Waals surface area (Å²) in [6.07, 6.45) is 6.43. The fourth-order valence-electron chi connectivity index (χ4n) is 6.28.